The fourth-order valence-electron chi connectivity index (χ4n) is 1.53. The highest BCUT2D eigenvalue weighted by Crippen LogP contribution is 2.30. The van der Waals surface area contributed by atoms with Crippen molar-refractivity contribution in [3.05, 3.63) is 24.1 Å². The summed E-state index contributed by atoms with van der Waals surface area (Å²) in [5.41, 5.74) is 0. The highest BCUT2D eigenvalue weighted by atomic mass is 19.3. The largest absolute Gasteiger partial charge is 0.348 e. The van der Waals surface area contributed by atoms with Crippen LogP contribution in [0.1, 0.15) is 6.42 Å². The molecule has 1 aromatic rings. The van der Waals surface area contributed by atoms with Crippen LogP contribution < -0.4 is 4.90 Å². The number of nitrogens with zero attached hydrogens (tertiary/aromatic N) is 2. The van der Waals surface area contributed by atoms with Crippen LogP contribution in [-0.4, -0.2) is 24.0 Å². The predicted molar refractivity (Wildman–Crippen MR) is 46.0 cm³/mol. The molecule has 2 nitrogen and oxygen atoms in total. The Labute approximate surface area is 79.4 Å². The zero-order valence-corrected chi connectivity index (χ0v) is 7.38. The summed E-state index contributed by atoms with van der Waals surface area (Å²) in [6.07, 6.45) is 1.16. The van der Waals surface area contributed by atoms with Gasteiger partial charge in [0.2, 0.25) is 0 Å². The van der Waals surface area contributed by atoms with Gasteiger partial charge in [0.05, 0.1) is 6.54 Å². The van der Waals surface area contributed by atoms with Gasteiger partial charge in [-0.1, -0.05) is 0 Å². The maximum Gasteiger partial charge on any atom is 0.266 e. The van der Waals surface area contributed by atoms with Crippen molar-refractivity contribution in [2.75, 3.05) is 18.0 Å². The van der Waals surface area contributed by atoms with Crippen molar-refractivity contribution in [2.45, 2.75) is 12.3 Å². The molecule has 0 aromatic carbocycles. The lowest BCUT2D eigenvalue weighted by molar-refractivity contribution is 0.0256. The van der Waals surface area contributed by atoms with E-state index >= 15 is 0 Å². The number of pyridine rings is 1. The minimum atomic E-state index is -2.72. The predicted octanol–water partition coefficient (Wildman–Crippen LogP) is 2.07. The van der Waals surface area contributed by atoms with E-state index in [9.17, 15) is 13.2 Å². The lowest BCUT2D eigenvalue weighted by Gasteiger charge is -2.16. The second kappa shape index (κ2) is 3.15. The molecule has 0 N–H and O–H groups in total. The van der Waals surface area contributed by atoms with Crippen LogP contribution in [-0.2, 0) is 0 Å². The molecule has 0 saturated carbocycles. The summed E-state index contributed by atoms with van der Waals surface area (Å²) in [7, 11) is 0. The van der Waals surface area contributed by atoms with Crippen molar-refractivity contribution in [3.63, 3.8) is 0 Å². The van der Waals surface area contributed by atoms with Crippen LogP contribution >= 0.6 is 0 Å². The van der Waals surface area contributed by atoms with E-state index in [1.807, 2.05) is 0 Å². The van der Waals surface area contributed by atoms with Crippen molar-refractivity contribution in [2.24, 2.45) is 0 Å². The highest BCUT2D eigenvalue weighted by molar-refractivity contribution is 5.41. The monoisotopic (exact) mass is 202 g/mol. The lowest BCUT2D eigenvalue weighted by Crippen LogP contribution is -2.26. The molecule has 0 atom stereocenters. The molecule has 14 heavy (non-hydrogen) atoms. The van der Waals surface area contributed by atoms with Crippen LogP contribution in [0, 0.1) is 5.82 Å². The highest BCUT2D eigenvalue weighted by Gasteiger charge is 2.39. The zero-order chi connectivity index (χ0) is 10.2. The number of anilines is 1. The molecule has 0 spiro atoms. The maximum atomic E-state index is 13.1. The first kappa shape index (κ1) is 9.30. The lowest BCUT2D eigenvalue weighted by atomic mass is 10.3. The average molecular weight is 202 g/mol. The van der Waals surface area contributed by atoms with Gasteiger partial charge in [0.15, 0.2) is 11.6 Å². The van der Waals surface area contributed by atoms with Gasteiger partial charge in [-0.2, -0.15) is 0 Å². The second-order valence-electron chi connectivity index (χ2n) is 3.34. The molecule has 0 amide bonds. The Morgan fingerprint density at radius 1 is 1.43 bits per heavy atom. The number of aromatic nitrogens is 1. The summed E-state index contributed by atoms with van der Waals surface area (Å²) < 4.78 is 38.8. The molecule has 0 radical (unpaired) electrons. The normalized spacial score (nSPS) is 20.1. The number of alkyl halides is 2. The van der Waals surface area contributed by atoms with Crippen molar-refractivity contribution in [1.29, 1.82) is 0 Å². The Balaban J connectivity index is 2.22. The molecule has 1 aromatic heterocycles. The van der Waals surface area contributed by atoms with Gasteiger partial charge >= 0.3 is 0 Å². The molecule has 2 heterocycles. The molecule has 0 unspecified atom stereocenters. The summed E-state index contributed by atoms with van der Waals surface area (Å²) >= 11 is 0. The Morgan fingerprint density at radius 3 is 2.79 bits per heavy atom. The Kier molecular flexibility index (Phi) is 2.09. The quantitative estimate of drug-likeness (QED) is 0.693. The molecule has 2 rings (SSSR count). The third kappa shape index (κ3) is 1.66. The van der Waals surface area contributed by atoms with Crippen molar-refractivity contribution in [3.8, 4) is 0 Å². The van der Waals surface area contributed by atoms with E-state index in [1.165, 1.54) is 23.2 Å². The van der Waals surface area contributed by atoms with E-state index in [0.717, 1.165) is 0 Å². The minimum Gasteiger partial charge on any atom is -0.348 e. The van der Waals surface area contributed by atoms with Crippen molar-refractivity contribution in [1.82, 2.24) is 4.98 Å². The van der Waals surface area contributed by atoms with Crippen LogP contribution in [0.5, 0.6) is 0 Å². The number of rotatable bonds is 1. The molecule has 1 aliphatic rings. The van der Waals surface area contributed by atoms with E-state index in [2.05, 4.69) is 4.98 Å². The second-order valence-corrected chi connectivity index (χ2v) is 3.34. The molecular formula is C9H9F3N2. The summed E-state index contributed by atoms with van der Waals surface area (Å²) in [6, 6.07) is 2.66. The van der Waals surface area contributed by atoms with Gasteiger partial charge in [0, 0.05) is 19.2 Å². The van der Waals surface area contributed by atoms with Crippen LogP contribution in [0.4, 0.5) is 19.0 Å². The molecule has 0 aliphatic carbocycles. The van der Waals surface area contributed by atoms with Gasteiger partial charge in [0.25, 0.3) is 5.92 Å². The van der Waals surface area contributed by atoms with Gasteiger partial charge in [-0.3, -0.25) is 0 Å². The first-order valence-corrected chi connectivity index (χ1v) is 4.32. The standard InChI is InChI=1S/C9H9F3N2/c10-7-2-1-4-13-8(7)14-5-3-9(11,12)6-14/h1-2,4H,3,5-6H2. The SMILES string of the molecule is Fc1cccnc1N1CCC(F)(F)C1. The number of hydrogen-bond donors (Lipinski definition) is 0. The van der Waals surface area contributed by atoms with Crippen LogP contribution in [0.15, 0.2) is 18.3 Å². The summed E-state index contributed by atoms with van der Waals surface area (Å²) in [5.74, 6) is -3.25. The fourth-order valence-corrected chi connectivity index (χ4v) is 1.53. The van der Waals surface area contributed by atoms with Crippen LogP contribution in [0.3, 0.4) is 0 Å². The average Bonchev–Trinajstić information content (AvgIpc) is 2.47. The first-order chi connectivity index (χ1) is 6.58. The first-order valence-electron chi connectivity index (χ1n) is 4.32. The molecule has 1 fully saturated rings. The smallest absolute Gasteiger partial charge is 0.266 e. The van der Waals surface area contributed by atoms with E-state index in [1.54, 1.807) is 0 Å². The summed E-state index contributed by atoms with van der Waals surface area (Å²) in [5, 5.41) is 0. The van der Waals surface area contributed by atoms with Gasteiger partial charge in [-0.25, -0.2) is 18.2 Å². The van der Waals surface area contributed by atoms with Crippen LogP contribution in [0.2, 0.25) is 0 Å². The topological polar surface area (TPSA) is 16.1 Å². The maximum absolute atomic E-state index is 13.1. The van der Waals surface area contributed by atoms with Crippen molar-refractivity contribution >= 4 is 5.82 Å². The Morgan fingerprint density at radius 2 is 2.21 bits per heavy atom. The van der Waals surface area contributed by atoms with Crippen molar-refractivity contribution < 1.29 is 13.2 Å². The van der Waals surface area contributed by atoms with Gasteiger partial charge < -0.3 is 4.90 Å². The van der Waals surface area contributed by atoms with Gasteiger partial charge in [0.1, 0.15) is 0 Å². The minimum absolute atomic E-state index is 0.0182. The summed E-state index contributed by atoms with van der Waals surface area (Å²) in [4.78, 5) is 5.02. The van der Waals surface area contributed by atoms with Crippen LogP contribution in [0.25, 0.3) is 0 Å². The van der Waals surface area contributed by atoms with E-state index in [4.69, 9.17) is 0 Å². The van der Waals surface area contributed by atoms with E-state index in [0.29, 0.717) is 0 Å². The van der Waals surface area contributed by atoms with Gasteiger partial charge in [-0.15, -0.1) is 0 Å². The third-order valence-corrected chi connectivity index (χ3v) is 2.21. The zero-order valence-electron chi connectivity index (χ0n) is 7.38. The molecule has 5 heteroatoms. The van der Waals surface area contributed by atoms with Gasteiger partial charge in [-0.05, 0) is 12.1 Å². The molecule has 0 bridgehead atoms. The fraction of sp³-hybridized carbons (Fsp3) is 0.444. The summed E-state index contributed by atoms with van der Waals surface area (Å²) in [6.45, 7) is -0.290. The Hall–Kier alpha value is -1.26. The number of halogens is 3. The molecular weight excluding hydrogens is 193 g/mol. The third-order valence-electron chi connectivity index (χ3n) is 2.21. The van der Waals surface area contributed by atoms with E-state index < -0.39 is 18.3 Å². The molecule has 76 valence electrons. The molecule has 1 aliphatic heterocycles. The number of hydrogen-bond acceptors (Lipinski definition) is 2. The Bertz CT molecular complexity index is 341. The molecule has 1 saturated heterocycles. The van der Waals surface area contributed by atoms with E-state index in [-0.39, 0.29) is 18.8 Å².